The lowest BCUT2D eigenvalue weighted by Gasteiger charge is -2.23. The molecule has 2 aromatic heterocycles. The second-order valence-electron chi connectivity index (χ2n) is 7.58. The van der Waals surface area contributed by atoms with E-state index in [2.05, 4.69) is 19.7 Å². The van der Waals surface area contributed by atoms with Crippen LogP contribution in [0.2, 0.25) is 0 Å². The molecule has 3 heterocycles. The van der Waals surface area contributed by atoms with E-state index in [1.165, 1.54) is 11.8 Å². The number of carbonyl (C=O) groups excluding carboxylic acids is 1. The number of carbonyl (C=O) groups is 1. The van der Waals surface area contributed by atoms with Gasteiger partial charge in [0.2, 0.25) is 5.91 Å². The lowest BCUT2D eigenvalue weighted by atomic mass is 10.1. The molecule has 0 unspecified atom stereocenters. The molecule has 1 aliphatic heterocycles. The summed E-state index contributed by atoms with van der Waals surface area (Å²) in [6, 6.07) is 14.4. The highest BCUT2D eigenvalue weighted by molar-refractivity contribution is 8.00. The monoisotopic (exact) mass is 405 g/mol. The number of pyridine rings is 1. The van der Waals surface area contributed by atoms with Gasteiger partial charge in [0, 0.05) is 37.1 Å². The van der Waals surface area contributed by atoms with Crippen LogP contribution >= 0.6 is 11.8 Å². The molecule has 1 aliphatic carbocycles. The summed E-state index contributed by atoms with van der Waals surface area (Å²) >= 11 is 1.53. The van der Waals surface area contributed by atoms with Crippen LogP contribution in [-0.2, 0) is 4.79 Å². The molecule has 0 spiro atoms. The van der Waals surface area contributed by atoms with Crippen molar-refractivity contribution < 1.29 is 4.79 Å². The summed E-state index contributed by atoms with van der Waals surface area (Å²) in [7, 11) is 0. The van der Waals surface area contributed by atoms with Crippen molar-refractivity contribution in [3.63, 3.8) is 0 Å². The van der Waals surface area contributed by atoms with Crippen molar-refractivity contribution in [2.24, 2.45) is 0 Å². The number of amides is 1. The summed E-state index contributed by atoms with van der Waals surface area (Å²) in [5, 5.41) is 9.52. The van der Waals surface area contributed by atoms with Gasteiger partial charge in [-0.2, -0.15) is 0 Å². The molecule has 1 saturated carbocycles. The van der Waals surface area contributed by atoms with Crippen LogP contribution in [0.3, 0.4) is 0 Å². The number of nitrogens with zero attached hydrogens (tertiary/aromatic N) is 5. The molecule has 5 rings (SSSR count). The number of thioether (sulfide) groups is 1. The Morgan fingerprint density at radius 1 is 1.00 bits per heavy atom. The van der Waals surface area contributed by atoms with Crippen LogP contribution in [0.4, 0.5) is 0 Å². The zero-order valence-electron chi connectivity index (χ0n) is 16.1. The normalized spacial score (nSPS) is 17.4. The maximum absolute atomic E-state index is 13.4. The van der Waals surface area contributed by atoms with E-state index in [4.69, 9.17) is 0 Å². The molecule has 1 atom stereocenters. The van der Waals surface area contributed by atoms with Crippen molar-refractivity contribution in [2.45, 2.75) is 42.1 Å². The fourth-order valence-electron chi connectivity index (χ4n) is 3.81. The Hall–Kier alpha value is -2.67. The van der Waals surface area contributed by atoms with Crippen molar-refractivity contribution >= 4 is 17.7 Å². The smallest absolute Gasteiger partial charge is 0.240 e. The van der Waals surface area contributed by atoms with Gasteiger partial charge in [-0.05, 0) is 43.4 Å². The molecular weight excluding hydrogens is 382 g/mol. The topological polar surface area (TPSA) is 63.9 Å². The highest BCUT2D eigenvalue weighted by atomic mass is 32.2. The first kappa shape index (κ1) is 18.4. The molecule has 1 saturated heterocycles. The highest BCUT2D eigenvalue weighted by Gasteiger charge is 2.34. The van der Waals surface area contributed by atoms with E-state index in [-0.39, 0.29) is 11.2 Å². The predicted octanol–water partition coefficient (Wildman–Crippen LogP) is 4.13. The number of hydrogen-bond donors (Lipinski definition) is 0. The summed E-state index contributed by atoms with van der Waals surface area (Å²) in [5.74, 6) is 1.03. The second-order valence-corrected chi connectivity index (χ2v) is 8.66. The molecule has 1 amide bonds. The van der Waals surface area contributed by atoms with Crippen LogP contribution in [0.5, 0.6) is 0 Å². The maximum Gasteiger partial charge on any atom is 0.240 e. The van der Waals surface area contributed by atoms with E-state index in [0.717, 1.165) is 60.9 Å². The van der Waals surface area contributed by atoms with Crippen molar-refractivity contribution in [1.82, 2.24) is 24.6 Å². The number of aromatic nitrogens is 4. The fourth-order valence-corrected chi connectivity index (χ4v) is 5.01. The first-order chi connectivity index (χ1) is 14.3. The van der Waals surface area contributed by atoms with E-state index in [1.807, 2.05) is 47.4 Å². The highest BCUT2D eigenvalue weighted by Crippen LogP contribution is 2.44. The SMILES string of the molecule is O=C([C@H](Sc1nnc(-c2ccncc2)n1C1CC1)c1ccccc1)N1CCCC1. The fraction of sp³-hybridized carbons (Fsp3) is 0.364. The lowest BCUT2D eigenvalue weighted by molar-refractivity contribution is -0.129. The molecule has 0 radical (unpaired) electrons. The molecule has 3 aromatic rings. The van der Waals surface area contributed by atoms with Crippen LogP contribution in [0.25, 0.3) is 11.4 Å². The number of hydrogen-bond acceptors (Lipinski definition) is 5. The van der Waals surface area contributed by atoms with Gasteiger partial charge in [-0.3, -0.25) is 14.3 Å². The first-order valence-electron chi connectivity index (χ1n) is 10.2. The minimum atomic E-state index is -0.304. The van der Waals surface area contributed by atoms with Gasteiger partial charge in [0.25, 0.3) is 0 Å². The molecule has 2 fully saturated rings. The van der Waals surface area contributed by atoms with Crippen molar-refractivity contribution in [1.29, 1.82) is 0 Å². The van der Waals surface area contributed by atoms with Crippen molar-refractivity contribution in [2.75, 3.05) is 13.1 Å². The molecule has 0 N–H and O–H groups in total. The van der Waals surface area contributed by atoms with Crippen LogP contribution in [0, 0.1) is 0 Å². The third-order valence-corrected chi connectivity index (χ3v) is 6.68. The Morgan fingerprint density at radius 2 is 1.72 bits per heavy atom. The van der Waals surface area contributed by atoms with Crippen molar-refractivity contribution in [3.8, 4) is 11.4 Å². The van der Waals surface area contributed by atoms with Gasteiger partial charge in [-0.25, -0.2) is 0 Å². The van der Waals surface area contributed by atoms with E-state index in [9.17, 15) is 4.79 Å². The second kappa shape index (κ2) is 7.99. The van der Waals surface area contributed by atoms with E-state index in [0.29, 0.717) is 6.04 Å². The minimum Gasteiger partial charge on any atom is -0.341 e. The van der Waals surface area contributed by atoms with Gasteiger partial charge in [0.05, 0.1) is 0 Å². The lowest BCUT2D eigenvalue weighted by Crippen LogP contribution is -2.31. The molecule has 2 aliphatic rings. The van der Waals surface area contributed by atoms with Crippen molar-refractivity contribution in [3.05, 3.63) is 60.4 Å². The summed E-state index contributed by atoms with van der Waals surface area (Å²) in [6.45, 7) is 1.70. The Kier molecular flexibility index (Phi) is 5.06. The summed E-state index contributed by atoms with van der Waals surface area (Å²) in [4.78, 5) is 19.5. The molecule has 29 heavy (non-hydrogen) atoms. The Morgan fingerprint density at radius 3 is 2.41 bits per heavy atom. The summed E-state index contributed by atoms with van der Waals surface area (Å²) in [6.07, 6.45) is 7.97. The average Bonchev–Trinajstić information content (AvgIpc) is 3.29. The van der Waals surface area contributed by atoms with Gasteiger partial charge >= 0.3 is 0 Å². The zero-order valence-corrected chi connectivity index (χ0v) is 17.0. The third kappa shape index (κ3) is 3.79. The van der Waals surface area contributed by atoms with Crippen LogP contribution in [0.15, 0.2) is 60.0 Å². The summed E-state index contributed by atoms with van der Waals surface area (Å²) in [5.41, 5.74) is 2.03. The Balaban J connectivity index is 1.50. The van der Waals surface area contributed by atoms with E-state index in [1.54, 1.807) is 12.4 Å². The number of likely N-dealkylation sites (tertiary alicyclic amines) is 1. The predicted molar refractivity (Wildman–Crippen MR) is 112 cm³/mol. The quantitative estimate of drug-likeness (QED) is 0.577. The van der Waals surface area contributed by atoms with Gasteiger partial charge in [0.15, 0.2) is 11.0 Å². The molecular formula is C22H23N5OS. The molecule has 0 bridgehead atoms. The standard InChI is InChI=1S/C22H23N5OS/c28-21(26-14-4-5-15-26)19(16-6-2-1-3-7-16)29-22-25-24-20(27(22)18-8-9-18)17-10-12-23-13-11-17/h1-3,6-7,10-13,18-19H,4-5,8-9,14-15H2/t19-/m1/s1. The number of benzene rings is 1. The van der Waals surface area contributed by atoms with E-state index < -0.39 is 0 Å². The summed E-state index contributed by atoms with van der Waals surface area (Å²) < 4.78 is 2.22. The first-order valence-corrected chi connectivity index (χ1v) is 11.0. The zero-order chi connectivity index (χ0) is 19.6. The largest absolute Gasteiger partial charge is 0.341 e. The van der Waals surface area contributed by atoms with Crippen LogP contribution in [0.1, 0.15) is 42.5 Å². The number of rotatable bonds is 6. The Bertz CT molecular complexity index is 981. The molecule has 1 aromatic carbocycles. The third-order valence-electron chi connectivity index (χ3n) is 5.48. The minimum absolute atomic E-state index is 0.175. The molecule has 148 valence electrons. The van der Waals surface area contributed by atoms with E-state index >= 15 is 0 Å². The average molecular weight is 406 g/mol. The van der Waals surface area contributed by atoms with Gasteiger partial charge < -0.3 is 4.90 Å². The van der Waals surface area contributed by atoms with Gasteiger partial charge in [0.1, 0.15) is 5.25 Å². The van der Waals surface area contributed by atoms with Crippen LogP contribution in [-0.4, -0.2) is 43.6 Å². The van der Waals surface area contributed by atoms with Gasteiger partial charge in [-0.15, -0.1) is 10.2 Å². The molecule has 7 heteroatoms. The van der Waals surface area contributed by atoms with Gasteiger partial charge in [-0.1, -0.05) is 42.1 Å². The van der Waals surface area contributed by atoms with Crippen LogP contribution < -0.4 is 0 Å². The Labute approximate surface area is 174 Å². The maximum atomic E-state index is 13.4. The molecule has 6 nitrogen and oxygen atoms in total.